The van der Waals surface area contributed by atoms with Gasteiger partial charge in [-0.15, -0.1) is 0 Å². The Morgan fingerprint density at radius 3 is 1.60 bits per heavy atom. The molecule has 1 saturated heterocycles. The van der Waals surface area contributed by atoms with Gasteiger partial charge in [-0.05, 0) is 79.2 Å². The van der Waals surface area contributed by atoms with Gasteiger partial charge in [-0.1, -0.05) is 76.9 Å². The highest BCUT2D eigenvalue weighted by molar-refractivity contribution is 5.00. The van der Waals surface area contributed by atoms with E-state index in [1.54, 1.807) is 0 Å². The topological polar surface area (TPSA) is 12.5 Å². The number of piperidine rings is 1. The summed E-state index contributed by atoms with van der Waals surface area (Å²) in [6.45, 7) is 13.1. The lowest BCUT2D eigenvalue weighted by Crippen LogP contribution is -2.62. The van der Waals surface area contributed by atoms with Crippen LogP contribution >= 0.6 is 0 Å². The first-order valence-corrected chi connectivity index (χ1v) is 13.3. The molecule has 0 radical (unpaired) electrons. The molecule has 2 nitrogen and oxygen atoms in total. The van der Waals surface area contributed by atoms with Crippen molar-refractivity contribution in [3.05, 3.63) is 12.2 Å². The molecule has 1 aliphatic rings. The highest BCUT2D eigenvalue weighted by Gasteiger charge is 2.44. The number of methoxy groups -OCH3 is 1. The Kier molecular flexibility index (Phi) is 14.3. The lowest BCUT2D eigenvalue weighted by Gasteiger charge is -2.55. The molecule has 0 aromatic carbocycles. The van der Waals surface area contributed by atoms with Gasteiger partial charge in [0.2, 0.25) is 0 Å². The molecule has 30 heavy (non-hydrogen) atoms. The van der Waals surface area contributed by atoms with Crippen LogP contribution in [0.2, 0.25) is 0 Å². The zero-order valence-corrected chi connectivity index (χ0v) is 21.6. The second-order valence-corrected chi connectivity index (χ2v) is 11.0. The van der Waals surface area contributed by atoms with Gasteiger partial charge in [0.05, 0.1) is 6.10 Å². The number of hydrogen-bond acceptors (Lipinski definition) is 2. The van der Waals surface area contributed by atoms with Gasteiger partial charge >= 0.3 is 0 Å². The summed E-state index contributed by atoms with van der Waals surface area (Å²) < 4.78 is 5.71. The van der Waals surface area contributed by atoms with Crippen LogP contribution in [0.4, 0.5) is 0 Å². The molecule has 0 amide bonds. The van der Waals surface area contributed by atoms with E-state index < -0.39 is 0 Å². The summed E-state index contributed by atoms with van der Waals surface area (Å²) in [5, 5.41) is 0. The van der Waals surface area contributed by atoms with Crippen molar-refractivity contribution in [2.75, 3.05) is 13.7 Å². The molecule has 1 rings (SSSR count). The van der Waals surface area contributed by atoms with E-state index in [1.807, 2.05) is 7.11 Å². The first-order chi connectivity index (χ1) is 14.3. The SMILES string of the molecule is CCCCCCCCC=CCCCCCCCCN1C(C)(C)CC(OC)CC1(C)C. The van der Waals surface area contributed by atoms with Crippen LogP contribution < -0.4 is 0 Å². The normalized spacial score (nSPS) is 19.7. The van der Waals surface area contributed by atoms with E-state index in [4.69, 9.17) is 4.74 Å². The van der Waals surface area contributed by atoms with Gasteiger partial charge in [0, 0.05) is 18.2 Å². The number of likely N-dealkylation sites (tertiary alicyclic amines) is 1. The molecule has 0 unspecified atom stereocenters. The maximum atomic E-state index is 5.71. The van der Waals surface area contributed by atoms with Gasteiger partial charge in [0.15, 0.2) is 0 Å². The second-order valence-electron chi connectivity index (χ2n) is 11.0. The van der Waals surface area contributed by atoms with Crippen LogP contribution in [-0.2, 0) is 4.74 Å². The van der Waals surface area contributed by atoms with Crippen molar-refractivity contribution in [2.24, 2.45) is 0 Å². The molecular weight excluding hydrogens is 366 g/mol. The fourth-order valence-corrected chi connectivity index (χ4v) is 5.52. The minimum absolute atomic E-state index is 0.240. The van der Waals surface area contributed by atoms with Gasteiger partial charge in [-0.25, -0.2) is 0 Å². The van der Waals surface area contributed by atoms with Crippen LogP contribution in [0.15, 0.2) is 12.2 Å². The van der Waals surface area contributed by atoms with Crippen LogP contribution in [0.3, 0.4) is 0 Å². The van der Waals surface area contributed by atoms with Gasteiger partial charge in [-0.3, -0.25) is 4.90 Å². The van der Waals surface area contributed by atoms with E-state index in [9.17, 15) is 0 Å². The summed E-state index contributed by atoms with van der Waals surface area (Å²) in [6, 6.07) is 0. The molecule has 0 spiro atoms. The zero-order valence-electron chi connectivity index (χ0n) is 21.6. The highest BCUT2D eigenvalue weighted by Crippen LogP contribution is 2.39. The summed E-state index contributed by atoms with van der Waals surface area (Å²) in [6.07, 6.45) is 26.9. The quantitative estimate of drug-likeness (QED) is 0.172. The third-order valence-corrected chi connectivity index (χ3v) is 7.14. The minimum atomic E-state index is 0.240. The maximum absolute atomic E-state index is 5.71. The van der Waals surface area contributed by atoms with Gasteiger partial charge < -0.3 is 4.74 Å². The van der Waals surface area contributed by atoms with Crippen LogP contribution in [0.25, 0.3) is 0 Å². The Balaban J connectivity index is 2.01. The van der Waals surface area contributed by atoms with E-state index >= 15 is 0 Å². The van der Waals surface area contributed by atoms with Crippen LogP contribution in [0.1, 0.15) is 137 Å². The number of nitrogens with zero attached hydrogens (tertiary/aromatic N) is 1. The molecule has 178 valence electrons. The van der Waals surface area contributed by atoms with Crippen molar-refractivity contribution in [1.82, 2.24) is 4.90 Å². The van der Waals surface area contributed by atoms with E-state index in [0.29, 0.717) is 6.10 Å². The summed E-state index contributed by atoms with van der Waals surface area (Å²) in [4.78, 5) is 2.75. The molecule has 0 N–H and O–H groups in total. The number of unbranched alkanes of at least 4 members (excludes halogenated alkanes) is 12. The number of ether oxygens (including phenoxy) is 1. The smallest absolute Gasteiger partial charge is 0.0606 e. The maximum Gasteiger partial charge on any atom is 0.0606 e. The van der Waals surface area contributed by atoms with Crippen molar-refractivity contribution in [1.29, 1.82) is 0 Å². The Morgan fingerprint density at radius 1 is 0.700 bits per heavy atom. The van der Waals surface area contributed by atoms with Crippen LogP contribution in [-0.4, -0.2) is 35.7 Å². The molecule has 0 atom stereocenters. The Morgan fingerprint density at radius 2 is 1.13 bits per heavy atom. The van der Waals surface area contributed by atoms with E-state index in [1.165, 1.54) is 96.4 Å². The highest BCUT2D eigenvalue weighted by atomic mass is 16.5. The largest absolute Gasteiger partial charge is 0.381 e. The Labute approximate surface area is 190 Å². The minimum Gasteiger partial charge on any atom is -0.381 e. The molecule has 1 aliphatic heterocycles. The lowest BCUT2D eigenvalue weighted by molar-refractivity contribution is -0.0930. The van der Waals surface area contributed by atoms with Crippen molar-refractivity contribution in [3.8, 4) is 0 Å². The van der Waals surface area contributed by atoms with Crippen LogP contribution in [0.5, 0.6) is 0 Å². The second kappa shape index (κ2) is 15.5. The van der Waals surface area contributed by atoms with Gasteiger partial charge in [0.1, 0.15) is 0 Å². The average Bonchev–Trinajstić information content (AvgIpc) is 2.68. The number of allylic oxidation sites excluding steroid dienone is 2. The predicted octanol–water partition coefficient (Wildman–Crippen LogP) is 8.69. The number of hydrogen-bond donors (Lipinski definition) is 0. The summed E-state index contributed by atoms with van der Waals surface area (Å²) >= 11 is 0. The Hall–Kier alpha value is -0.340. The van der Waals surface area contributed by atoms with E-state index in [2.05, 4.69) is 51.7 Å². The third-order valence-electron chi connectivity index (χ3n) is 7.14. The van der Waals surface area contributed by atoms with Crippen molar-refractivity contribution in [3.63, 3.8) is 0 Å². The zero-order chi connectivity index (χ0) is 22.3. The summed E-state index contributed by atoms with van der Waals surface area (Å²) in [5.41, 5.74) is 0.481. The van der Waals surface area contributed by atoms with Crippen molar-refractivity contribution in [2.45, 2.75) is 155 Å². The van der Waals surface area contributed by atoms with Gasteiger partial charge in [0.25, 0.3) is 0 Å². The molecule has 0 bridgehead atoms. The lowest BCUT2D eigenvalue weighted by atomic mass is 9.78. The molecule has 0 aliphatic carbocycles. The molecule has 0 aromatic rings. The predicted molar refractivity (Wildman–Crippen MR) is 134 cm³/mol. The Bertz CT molecular complexity index is 422. The molecule has 1 heterocycles. The van der Waals surface area contributed by atoms with Crippen molar-refractivity contribution >= 4 is 0 Å². The summed E-state index contributed by atoms with van der Waals surface area (Å²) in [7, 11) is 1.87. The standard InChI is InChI=1S/C28H55NO/c1-7-8-9-10-11-12-13-14-15-16-17-18-19-20-21-22-23-29-27(2,3)24-26(30-6)25-28(29,4)5/h14-15,26H,7-13,16-25H2,1-6H3. The average molecular weight is 422 g/mol. The fourth-order valence-electron chi connectivity index (χ4n) is 5.52. The molecule has 1 fully saturated rings. The van der Waals surface area contributed by atoms with Crippen LogP contribution in [0, 0.1) is 0 Å². The van der Waals surface area contributed by atoms with Crippen molar-refractivity contribution < 1.29 is 4.74 Å². The van der Waals surface area contributed by atoms with Gasteiger partial charge in [-0.2, -0.15) is 0 Å². The van der Waals surface area contributed by atoms with E-state index in [0.717, 1.165) is 12.8 Å². The number of rotatable bonds is 17. The molecule has 0 aromatic heterocycles. The molecule has 0 saturated carbocycles. The molecular formula is C28H55NO. The van der Waals surface area contributed by atoms with E-state index in [-0.39, 0.29) is 11.1 Å². The fraction of sp³-hybridized carbons (Fsp3) is 0.929. The first-order valence-electron chi connectivity index (χ1n) is 13.3. The first kappa shape index (κ1) is 27.7. The third kappa shape index (κ3) is 11.3. The molecule has 2 heteroatoms. The summed E-state index contributed by atoms with van der Waals surface area (Å²) in [5.74, 6) is 0. The monoisotopic (exact) mass is 421 g/mol.